The number of fused-ring (bicyclic) bond motifs is 1. The molecular formula is C13H19NO2. The van der Waals surface area contributed by atoms with Crippen molar-refractivity contribution < 1.29 is 4.42 Å². The third kappa shape index (κ3) is 3.50. The van der Waals surface area contributed by atoms with Crippen LogP contribution < -0.4 is 5.63 Å². The molecule has 88 valence electrons. The third-order valence-corrected chi connectivity index (χ3v) is 1.64. The highest BCUT2D eigenvalue weighted by molar-refractivity contribution is 5.76. The van der Waals surface area contributed by atoms with Gasteiger partial charge in [-0.2, -0.15) is 0 Å². The standard InChI is InChI=1S/C9H7NO2.2C2H6/c1-6-10-8-5-3-2-4-7(8)9(11)12-6;2*1-2/h2-5H,1H3;2*1-2H3. The van der Waals surface area contributed by atoms with Crippen LogP contribution in [-0.4, -0.2) is 4.98 Å². The van der Waals surface area contributed by atoms with Gasteiger partial charge >= 0.3 is 5.63 Å². The molecule has 0 atom stereocenters. The number of nitrogens with zero attached hydrogens (tertiary/aromatic N) is 1. The highest BCUT2D eigenvalue weighted by atomic mass is 16.4. The van der Waals surface area contributed by atoms with Crippen molar-refractivity contribution in [2.24, 2.45) is 0 Å². The van der Waals surface area contributed by atoms with Crippen LogP contribution in [0.25, 0.3) is 10.9 Å². The second-order valence-electron chi connectivity index (χ2n) is 2.54. The van der Waals surface area contributed by atoms with Gasteiger partial charge in [0, 0.05) is 6.92 Å². The maximum atomic E-state index is 11.2. The number of aryl methyl sites for hydroxylation is 1. The number of aromatic nitrogens is 1. The van der Waals surface area contributed by atoms with Gasteiger partial charge in [0.25, 0.3) is 0 Å². The topological polar surface area (TPSA) is 43.1 Å². The molecule has 0 aliphatic heterocycles. The molecule has 1 heterocycles. The van der Waals surface area contributed by atoms with Crippen LogP contribution in [0.15, 0.2) is 33.5 Å². The van der Waals surface area contributed by atoms with Gasteiger partial charge < -0.3 is 4.42 Å². The Labute approximate surface area is 96.1 Å². The van der Waals surface area contributed by atoms with Crippen molar-refractivity contribution in [2.75, 3.05) is 0 Å². The van der Waals surface area contributed by atoms with E-state index in [2.05, 4.69) is 4.98 Å². The summed E-state index contributed by atoms with van der Waals surface area (Å²) in [7, 11) is 0. The smallest absolute Gasteiger partial charge is 0.346 e. The maximum absolute atomic E-state index is 11.2. The quantitative estimate of drug-likeness (QED) is 0.683. The number of para-hydroxylation sites is 1. The summed E-state index contributed by atoms with van der Waals surface area (Å²) in [4.78, 5) is 15.3. The van der Waals surface area contributed by atoms with Crippen LogP contribution in [-0.2, 0) is 0 Å². The Kier molecular flexibility index (Phi) is 6.84. The fourth-order valence-corrected chi connectivity index (χ4v) is 1.13. The van der Waals surface area contributed by atoms with Crippen molar-refractivity contribution in [3.05, 3.63) is 40.6 Å². The zero-order chi connectivity index (χ0) is 12.6. The van der Waals surface area contributed by atoms with E-state index in [1.807, 2.05) is 33.8 Å². The Morgan fingerprint density at radius 3 is 2.25 bits per heavy atom. The molecule has 0 radical (unpaired) electrons. The highest BCUT2D eigenvalue weighted by Gasteiger charge is 2.00. The van der Waals surface area contributed by atoms with E-state index in [-0.39, 0.29) is 5.63 Å². The summed E-state index contributed by atoms with van der Waals surface area (Å²) in [6.45, 7) is 9.66. The van der Waals surface area contributed by atoms with Crippen molar-refractivity contribution in [1.82, 2.24) is 4.98 Å². The van der Waals surface area contributed by atoms with E-state index in [9.17, 15) is 4.79 Å². The Morgan fingerprint density at radius 1 is 1.06 bits per heavy atom. The Balaban J connectivity index is 0.000000509. The number of rotatable bonds is 0. The number of hydrogen-bond acceptors (Lipinski definition) is 3. The van der Waals surface area contributed by atoms with Crippen molar-refractivity contribution in [3.8, 4) is 0 Å². The van der Waals surface area contributed by atoms with Crippen LogP contribution in [0.2, 0.25) is 0 Å². The van der Waals surface area contributed by atoms with Crippen LogP contribution in [0.5, 0.6) is 0 Å². The first-order valence-corrected chi connectivity index (χ1v) is 5.64. The summed E-state index contributed by atoms with van der Waals surface area (Å²) in [6.07, 6.45) is 0. The molecule has 0 aliphatic carbocycles. The Morgan fingerprint density at radius 2 is 1.62 bits per heavy atom. The summed E-state index contributed by atoms with van der Waals surface area (Å²) >= 11 is 0. The normalized spacial score (nSPS) is 8.56. The molecule has 16 heavy (non-hydrogen) atoms. The lowest BCUT2D eigenvalue weighted by Crippen LogP contribution is -2.02. The van der Waals surface area contributed by atoms with Gasteiger partial charge in [-0.3, -0.25) is 0 Å². The van der Waals surface area contributed by atoms with Crippen molar-refractivity contribution in [1.29, 1.82) is 0 Å². The molecule has 0 saturated heterocycles. The van der Waals surface area contributed by atoms with Gasteiger partial charge in [-0.15, -0.1) is 0 Å². The SMILES string of the molecule is CC.CC.Cc1nc2ccccc2c(=O)o1. The molecule has 3 nitrogen and oxygen atoms in total. The first kappa shape index (κ1) is 14.4. The van der Waals surface area contributed by atoms with E-state index < -0.39 is 0 Å². The van der Waals surface area contributed by atoms with Crippen LogP contribution in [0, 0.1) is 6.92 Å². The summed E-state index contributed by atoms with van der Waals surface area (Å²) in [6, 6.07) is 7.12. The van der Waals surface area contributed by atoms with Gasteiger partial charge in [0.1, 0.15) is 0 Å². The maximum Gasteiger partial charge on any atom is 0.346 e. The van der Waals surface area contributed by atoms with E-state index in [1.54, 1.807) is 25.1 Å². The molecule has 0 spiro atoms. The lowest BCUT2D eigenvalue weighted by atomic mass is 10.2. The molecule has 0 N–H and O–H groups in total. The fraction of sp³-hybridized carbons (Fsp3) is 0.385. The minimum Gasteiger partial charge on any atom is -0.408 e. The monoisotopic (exact) mass is 221 g/mol. The van der Waals surface area contributed by atoms with E-state index >= 15 is 0 Å². The molecule has 0 aliphatic rings. The lowest BCUT2D eigenvalue weighted by molar-refractivity contribution is 0.467. The first-order chi connectivity index (χ1) is 7.77. The van der Waals surface area contributed by atoms with Crippen molar-refractivity contribution in [2.45, 2.75) is 34.6 Å². The summed E-state index contributed by atoms with van der Waals surface area (Å²) in [5.74, 6) is 0.402. The second-order valence-corrected chi connectivity index (χ2v) is 2.54. The van der Waals surface area contributed by atoms with Gasteiger partial charge in [0.15, 0.2) is 5.89 Å². The van der Waals surface area contributed by atoms with Crippen LogP contribution >= 0.6 is 0 Å². The fourth-order valence-electron chi connectivity index (χ4n) is 1.13. The van der Waals surface area contributed by atoms with Gasteiger partial charge in [0.05, 0.1) is 10.9 Å². The zero-order valence-corrected chi connectivity index (χ0v) is 10.6. The van der Waals surface area contributed by atoms with E-state index in [4.69, 9.17) is 4.42 Å². The van der Waals surface area contributed by atoms with Crippen molar-refractivity contribution >= 4 is 10.9 Å². The summed E-state index contributed by atoms with van der Waals surface area (Å²) < 4.78 is 4.82. The van der Waals surface area contributed by atoms with Gasteiger partial charge in [-0.1, -0.05) is 39.8 Å². The molecule has 0 saturated carbocycles. The van der Waals surface area contributed by atoms with E-state index in [0.717, 1.165) is 0 Å². The van der Waals surface area contributed by atoms with Crippen LogP contribution in [0.1, 0.15) is 33.6 Å². The Bertz CT molecular complexity index is 475. The minimum atomic E-state index is -0.321. The van der Waals surface area contributed by atoms with Crippen LogP contribution in [0.4, 0.5) is 0 Å². The van der Waals surface area contributed by atoms with E-state index in [1.165, 1.54) is 0 Å². The first-order valence-electron chi connectivity index (χ1n) is 5.64. The predicted octanol–water partition coefficient (Wildman–Crippen LogP) is 3.55. The lowest BCUT2D eigenvalue weighted by Gasteiger charge is -1.94. The molecule has 2 aromatic rings. The highest BCUT2D eigenvalue weighted by Crippen LogP contribution is 2.05. The molecule has 1 aromatic carbocycles. The van der Waals surface area contributed by atoms with Gasteiger partial charge in [-0.05, 0) is 12.1 Å². The molecule has 3 heteroatoms. The molecule has 2 rings (SSSR count). The van der Waals surface area contributed by atoms with E-state index in [0.29, 0.717) is 16.8 Å². The molecule has 0 unspecified atom stereocenters. The minimum absolute atomic E-state index is 0.321. The van der Waals surface area contributed by atoms with Gasteiger partial charge in [0.2, 0.25) is 0 Å². The number of hydrogen-bond donors (Lipinski definition) is 0. The average Bonchev–Trinajstić information content (AvgIpc) is 2.34. The zero-order valence-electron chi connectivity index (χ0n) is 10.6. The Hall–Kier alpha value is -1.64. The molecule has 0 amide bonds. The van der Waals surface area contributed by atoms with Gasteiger partial charge in [-0.25, -0.2) is 9.78 Å². The second kappa shape index (κ2) is 7.63. The largest absolute Gasteiger partial charge is 0.408 e. The molecule has 1 aromatic heterocycles. The third-order valence-electron chi connectivity index (χ3n) is 1.64. The predicted molar refractivity (Wildman–Crippen MR) is 67.7 cm³/mol. The summed E-state index contributed by atoms with van der Waals surface area (Å²) in [5.41, 5.74) is 0.365. The summed E-state index contributed by atoms with van der Waals surface area (Å²) in [5, 5.41) is 0.531. The van der Waals surface area contributed by atoms with Crippen LogP contribution in [0.3, 0.4) is 0 Å². The molecular weight excluding hydrogens is 202 g/mol. The van der Waals surface area contributed by atoms with Crippen molar-refractivity contribution in [3.63, 3.8) is 0 Å². The average molecular weight is 221 g/mol. The number of benzene rings is 1. The molecule has 0 bridgehead atoms. The molecule has 0 fully saturated rings.